The zero-order chi connectivity index (χ0) is 34.3. The SMILES string of the molecule is CCCCc1ccc(C#Cc2ccc(CN(CC3CC3)c3ccc(F)c(C(=O)[O-])c3)cc2)cc1.C[NH2+]C[C@H](O)[C@@H](O)[C@H](O)[C@H](O)CO. The number of carbonyl (C=O) groups is 1. The van der Waals surface area contributed by atoms with Crippen LogP contribution >= 0.6 is 0 Å². The van der Waals surface area contributed by atoms with E-state index < -0.39 is 48.4 Å². The number of rotatable bonds is 15. The van der Waals surface area contributed by atoms with E-state index in [2.05, 4.69) is 47.9 Å². The summed E-state index contributed by atoms with van der Waals surface area (Å²) in [5.41, 5.74) is 4.67. The standard InChI is InChI=1S/C30H30FNO2.C7H17NO5/c1-2-3-4-22-5-7-23(8-6-22)9-10-24-11-13-25(14-12-24)20-32(21-26-15-16-26)27-17-18-29(31)28(19-27)30(33)34;1-8-2-4(10)6(12)7(13)5(11)3-9/h5-8,11-14,17-19,26H,2-4,15-16,20-21H2,1H3,(H,33,34);4-13H,2-3H2,1H3/t;4-,5+,6+,7+/m.0/s1. The van der Waals surface area contributed by atoms with E-state index in [9.17, 15) is 24.5 Å². The van der Waals surface area contributed by atoms with Gasteiger partial charge in [-0.1, -0.05) is 49.5 Å². The Morgan fingerprint density at radius 2 is 1.51 bits per heavy atom. The molecule has 254 valence electrons. The molecule has 0 bridgehead atoms. The van der Waals surface area contributed by atoms with Gasteiger partial charge in [-0.15, -0.1) is 0 Å². The number of aliphatic hydroxyl groups excluding tert-OH is 5. The largest absolute Gasteiger partial charge is 0.545 e. The first-order valence-corrected chi connectivity index (χ1v) is 16.1. The molecule has 3 aromatic carbocycles. The van der Waals surface area contributed by atoms with Crippen molar-refractivity contribution in [3.8, 4) is 11.8 Å². The van der Waals surface area contributed by atoms with Gasteiger partial charge in [0.05, 0.1) is 19.6 Å². The van der Waals surface area contributed by atoms with Gasteiger partial charge in [0.2, 0.25) is 0 Å². The number of aryl methyl sites for hydroxylation is 1. The van der Waals surface area contributed by atoms with Crippen molar-refractivity contribution in [3.05, 3.63) is 100 Å². The summed E-state index contributed by atoms with van der Waals surface area (Å²) in [5.74, 6) is 4.78. The predicted octanol–water partition coefficient (Wildman–Crippen LogP) is 0.964. The number of aromatic carboxylic acids is 1. The fourth-order valence-electron chi connectivity index (χ4n) is 4.88. The Hall–Kier alpha value is -3.82. The molecule has 0 radical (unpaired) electrons. The van der Waals surface area contributed by atoms with Gasteiger partial charge < -0.3 is 45.7 Å². The number of anilines is 1. The van der Waals surface area contributed by atoms with E-state index in [4.69, 9.17) is 15.3 Å². The number of halogens is 1. The molecule has 7 N–H and O–H groups in total. The van der Waals surface area contributed by atoms with Gasteiger partial charge in [-0.05, 0) is 85.2 Å². The molecule has 47 heavy (non-hydrogen) atoms. The highest BCUT2D eigenvalue weighted by Gasteiger charge is 2.30. The van der Waals surface area contributed by atoms with E-state index >= 15 is 0 Å². The summed E-state index contributed by atoms with van der Waals surface area (Å²) in [6, 6.07) is 20.8. The minimum absolute atomic E-state index is 0.219. The number of carboxylic acids is 1. The van der Waals surface area contributed by atoms with Crippen LogP contribution in [-0.4, -0.2) is 82.7 Å². The smallest absolute Gasteiger partial charge is 0.132 e. The molecule has 0 unspecified atom stereocenters. The Balaban J connectivity index is 0.000000392. The Kier molecular flexibility index (Phi) is 15.3. The van der Waals surface area contributed by atoms with E-state index in [0.29, 0.717) is 18.2 Å². The lowest BCUT2D eigenvalue weighted by Gasteiger charge is -2.26. The molecule has 4 atom stereocenters. The number of quaternary nitrogens is 1. The van der Waals surface area contributed by atoms with Gasteiger partial charge in [0, 0.05) is 35.5 Å². The molecule has 4 rings (SSSR count). The van der Waals surface area contributed by atoms with Crippen molar-refractivity contribution >= 4 is 11.7 Å². The van der Waals surface area contributed by atoms with Crippen LogP contribution in [0.2, 0.25) is 0 Å². The molecule has 1 saturated carbocycles. The topological polar surface area (TPSA) is 161 Å². The zero-order valence-corrected chi connectivity index (χ0v) is 27.1. The third-order valence-electron chi connectivity index (χ3n) is 7.96. The first-order valence-electron chi connectivity index (χ1n) is 16.1. The van der Waals surface area contributed by atoms with E-state index in [1.54, 1.807) is 18.4 Å². The minimum Gasteiger partial charge on any atom is -0.545 e. The van der Waals surface area contributed by atoms with Crippen molar-refractivity contribution in [1.82, 2.24) is 0 Å². The van der Waals surface area contributed by atoms with E-state index in [1.165, 1.54) is 43.4 Å². The van der Waals surface area contributed by atoms with Crippen molar-refractivity contribution in [2.75, 3.05) is 31.6 Å². The highest BCUT2D eigenvalue weighted by atomic mass is 19.1. The number of hydrogen-bond acceptors (Lipinski definition) is 8. The Bertz CT molecular complexity index is 1450. The number of carbonyl (C=O) groups excluding carboxylic acids is 1. The monoisotopic (exact) mass is 650 g/mol. The van der Waals surface area contributed by atoms with Crippen LogP contribution in [-0.2, 0) is 13.0 Å². The number of nitrogens with two attached hydrogens (primary N) is 1. The maximum atomic E-state index is 13.8. The first-order chi connectivity index (χ1) is 22.6. The molecule has 10 heteroatoms. The maximum Gasteiger partial charge on any atom is 0.132 e. The number of nitrogens with zero attached hydrogens (tertiary/aromatic N) is 1. The van der Waals surface area contributed by atoms with Crippen molar-refractivity contribution < 1.29 is 45.1 Å². The van der Waals surface area contributed by atoms with Crippen molar-refractivity contribution in [2.24, 2.45) is 5.92 Å². The molecular weight excluding hydrogens is 603 g/mol. The highest BCUT2D eigenvalue weighted by Crippen LogP contribution is 2.32. The Morgan fingerprint density at radius 3 is 2.02 bits per heavy atom. The summed E-state index contributed by atoms with van der Waals surface area (Å²) < 4.78 is 13.8. The van der Waals surface area contributed by atoms with Crippen LogP contribution in [0.25, 0.3) is 0 Å². The summed E-state index contributed by atoms with van der Waals surface area (Å²) >= 11 is 0. The summed E-state index contributed by atoms with van der Waals surface area (Å²) in [4.78, 5) is 13.4. The van der Waals surface area contributed by atoms with Crippen molar-refractivity contribution in [2.45, 2.75) is 70.0 Å². The van der Waals surface area contributed by atoms with Gasteiger partial charge in [0.1, 0.15) is 36.8 Å². The van der Waals surface area contributed by atoms with Crippen LogP contribution in [0.1, 0.15) is 65.2 Å². The molecule has 3 aromatic rings. The number of aliphatic hydroxyl groups is 5. The fraction of sp³-hybridized carbons (Fsp3) is 0.432. The van der Waals surface area contributed by atoms with E-state index in [0.717, 1.165) is 29.7 Å². The van der Waals surface area contributed by atoms with Gasteiger partial charge in [-0.25, -0.2) is 4.39 Å². The number of hydrogen-bond donors (Lipinski definition) is 6. The quantitative estimate of drug-likeness (QED) is 0.133. The number of unbranched alkanes of at least 4 members (excludes halogenated alkanes) is 1. The molecule has 0 heterocycles. The van der Waals surface area contributed by atoms with Gasteiger partial charge in [-0.3, -0.25) is 0 Å². The second-order valence-electron chi connectivity index (χ2n) is 12.0. The Morgan fingerprint density at radius 1 is 0.936 bits per heavy atom. The van der Waals surface area contributed by atoms with Crippen LogP contribution in [0.15, 0.2) is 66.7 Å². The molecule has 0 spiro atoms. The molecule has 9 nitrogen and oxygen atoms in total. The fourth-order valence-corrected chi connectivity index (χ4v) is 4.88. The normalized spacial score (nSPS) is 14.9. The lowest BCUT2D eigenvalue weighted by Crippen LogP contribution is -2.83. The van der Waals surface area contributed by atoms with Gasteiger partial charge in [0.25, 0.3) is 0 Å². The number of likely N-dealkylation sites (N-methyl/N-ethyl adjacent to an activating group) is 1. The molecule has 0 saturated heterocycles. The average molecular weight is 651 g/mol. The van der Waals surface area contributed by atoms with Crippen LogP contribution in [0, 0.1) is 23.6 Å². The maximum absolute atomic E-state index is 13.8. The molecular formula is C37H47FN2O7. The molecule has 0 aliphatic heterocycles. The second-order valence-corrected chi connectivity index (χ2v) is 12.0. The summed E-state index contributed by atoms with van der Waals surface area (Å²) in [6.45, 7) is 3.19. The molecule has 1 aliphatic carbocycles. The number of carboxylic acid groups (broad SMARTS) is 1. The average Bonchev–Trinajstić information content (AvgIpc) is 3.90. The summed E-state index contributed by atoms with van der Waals surface area (Å²) in [7, 11) is 1.70. The van der Waals surface area contributed by atoms with E-state index in [1.807, 2.05) is 24.3 Å². The molecule has 1 aliphatic rings. The van der Waals surface area contributed by atoms with Crippen LogP contribution in [0.4, 0.5) is 10.1 Å². The summed E-state index contributed by atoms with van der Waals surface area (Å²) in [6.07, 6.45) is 0.310. The van der Waals surface area contributed by atoms with Gasteiger partial charge in [0.15, 0.2) is 0 Å². The third-order valence-corrected chi connectivity index (χ3v) is 7.96. The molecule has 1 fully saturated rings. The lowest BCUT2D eigenvalue weighted by atomic mass is 10.0. The van der Waals surface area contributed by atoms with Crippen LogP contribution in [0.5, 0.6) is 0 Å². The van der Waals surface area contributed by atoms with Crippen LogP contribution in [0.3, 0.4) is 0 Å². The lowest BCUT2D eigenvalue weighted by molar-refractivity contribution is -0.635. The first kappa shape index (κ1) is 37.6. The zero-order valence-electron chi connectivity index (χ0n) is 27.1. The van der Waals surface area contributed by atoms with Crippen LogP contribution < -0.4 is 15.3 Å². The summed E-state index contributed by atoms with van der Waals surface area (Å²) in [5, 5.41) is 57.9. The van der Waals surface area contributed by atoms with E-state index in [-0.39, 0.29) is 6.54 Å². The minimum atomic E-state index is -1.53. The third kappa shape index (κ3) is 12.4. The van der Waals surface area contributed by atoms with Crippen molar-refractivity contribution in [3.63, 3.8) is 0 Å². The number of benzene rings is 3. The van der Waals surface area contributed by atoms with Gasteiger partial charge >= 0.3 is 0 Å². The van der Waals surface area contributed by atoms with Crippen molar-refractivity contribution in [1.29, 1.82) is 0 Å². The highest BCUT2D eigenvalue weighted by molar-refractivity contribution is 5.87. The Labute approximate surface area is 276 Å². The predicted molar refractivity (Wildman–Crippen MR) is 176 cm³/mol. The molecule has 0 aromatic heterocycles. The molecule has 0 amide bonds. The second kappa shape index (κ2) is 19.1. The van der Waals surface area contributed by atoms with Gasteiger partial charge in [-0.2, -0.15) is 0 Å².